The molecule has 88 valence electrons. The van der Waals surface area contributed by atoms with Gasteiger partial charge in [-0.05, 0) is 36.7 Å². The van der Waals surface area contributed by atoms with Crippen LogP contribution in [0.25, 0.3) is 0 Å². The van der Waals surface area contributed by atoms with E-state index < -0.39 is 0 Å². The smallest absolute Gasteiger partial charge is 0.153 e. The zero-order valence-electron chi connectivity index (χ0n) is 9.41. The van der Waals surface area contributed by atoms with Gasteiger partial charge in [-0.1, -0.05) is 10.3 Å². The molecule has 0 aliphatic carbocycles. The summed E-state index contributed by atoms with van der Waals surface area (Å²) in [5.74, 6) is 1.65. The Labute approximate surface area is 107 Å². The van der Waals surface area contributed by atoms with Crippen molar-refractivity contribution in [1.29, 1.82) is 0 Å². The highest BCUT2D eigenvalue weighted by Crippen LogP contribution is 2.31. The van der Waals surface area contributed by atoms with Crippen LogP contribution in [0.3, 0.4) is 0 Å². The van der Waals surface area contributed by atoms with E-state index >= 15 is 0 Å². The molecule has 0 atom stereocenters. The predicted octanol–water partition coefficient (Wildman–Crippen LogP) is 3.49. The predicted molar refractivity (Wildman–Crippen MR) is 67.5 cm³/mol. The molecule has 1 aromatic heterocycles. The molecular formula is C10H13BrN2O2S. The third kappa shape index (κ3) is 2.60. The number of oxime groups is 1. The minimum Gasteiger partial charge on any atom is -0.389 e. The van der Waals surface area contributed by atoms with E-state index in [2.05, 4.69) is 26.2 Å². The maximum atomic E-state index is 5.30. The van der Waals surface area contributed by atoms with E-state index in [4.69, 9.17) is 9.36 Å². The van der Waals surface area contributed by atoms with Gasteiger partial charge in [-0.3, -0.25) is 0 Å². The fraction of sp³-hybridized carbons (Fsp3) is 0.600. The van der Waals surface area contributed by atoms with Crippen LogP contribution in [0, 0.1) is 6.92 Å². The average Bonchev–Trinajstić information content (AvgIpc) is 2.69. The lowest BCUT2D eigenvalue weighted by Gasteiger charge is -2.12. The van der Waals surface area contributed by atoms with E-state index in [1.54, 1.807) is 11.8 Å². The van der Waals surface area contributed by atoms with Crippen LogP contribution in [0.2, 0.25) is 0 Å². The van der Waals surface area contributed by atoms with Crippen molar-refractivity contribution in [2.45, 2.75) is 38.5 Å². The summed E-state index contributed by atoms with van der Waals surface area (Å²) in [6.45, 7) is 5.97. The van der Waals surface area contributed by atoms with Crippen molar-refractivity contribution in [3.05, 3.63) is 15.9 Å². The molecule has 2 heterocycles. The van der Waals surface area contributed by atoms with Crippen molar-refractivity contribution < 1.29 is 9.36 Å². The lowest BCUT2D eigenvalue weighted by molar-refractivity contribution is 0.0123. The van der Waals surface area contributed by atoms with Gasteiger partial charge < -0.3 is 9.36 Å². The number of nitrogens with zero attached hydrogens (tertiary/aromatic N) is 2. The van der Waals surface area contributed by atoms with Crippen LogP contribution in [0.15, 0.2) is 14.3 Å². The first-order valence-corrected chi connectivity index (χ1v) is 6.74. The summed E-state index contributed by atoms with van der Waals surface area (Å²) in [5.41, 5.74) is 0.917. The Balaban J connectivity index is 1.94. The average molecular weight is 305 g/mol. The Hall–Kier alpha value is -0.490. The summed E-state index contributed by atoms with van der Waals surface area (Å²) in [6, 6.07) is 0. The van der Waals surface area contributed by atoms with E-state index in [-0.39, 0.29) is 5.60 Å². The number of hydrogen-bond donors (Lipinski definition) is 0. The summed E-state index contributed by atoms with van der Waals surface area (Å²) < 4.78 is 5.84. The minimum absolute atomic E-state index is 0.163. The molecule has 4 nitrogen and oxygen atoms in total. The number of halogens is 1. The first-order valence-electron chi connectivity index (χ1n) is 4.96. The zero-order valence-corrected chi connectivity index (χ0v) is 11.8. The molecule has 1 aliphatic rings. The Kier molecular flexibility index (Phi) is 3.30. The van der Waals surface area contributed by atoms with Crippen molar-refractivity contribution >= 4 is 32.7 Å². The highest BCUT2D eigenvalue weighted by Gasteiger charge is 2.29. The lowest BCUT2D eigenvalue weighted by atomic mass is 10.1. The number of thioether (sulfide) groups is 1. The molecule has 1 aromatic rings. The van der Waals surface area contributed by atoms with E-state index in [1.165, 1.54) is 0 Å². The van der Waals surface area contributed by atoms with Gasteiger partial charge in [0.05, 0.1) is 0 Å². The lowest BCUT2D eigenvalue weighted by Crippen LogP contribution is -2.18. The fourth-order valence-corrected chi connectivity index (χ4v) is 3.23. The minimum atomic E-state index is -0.163. The first-order chi connectivity index (χ1) is 7.48. The van der Waals surface area contributed by atoms with Gasteiger partial charge in [-0.25, -0.2) is 0 Å². The molecule has 0 spiro atoms. The summed E-state index contributed by atoms with van der Waals surface area (Å²) in [6.07, 6.45) is 0.861. The van der Waals surface area contributed by atoms with E-state index in [9.17, 15) is 0 Å². The third-order valence-electron chi connectivity index (χ3n) is 2.29. The molecule has 2 rings (SSSR count). The molecular weight excluding hydrogens is 292 g/mol. The number of rotatable bonds is 2. The van der Waals surface area contributed by atoms with Crippen molar-refractivity contribution in [3.63, 3.8) is 0 Å². The van der Waals surface area contributed by atoms with Crippen LogP contribution in [0.5, 0.6) is 0 Å². The number of aromatic nitrogens is 1. The molecule has 0 saturated heterocycles. The second-order valence-electron chi connectivity index (χ2n) is 4.31. The number of aryl methyl sites for hydroxylation is 1. The van der Waals surface area contributed by atoms with Crippen molar-refractivity contribution in [2.75, 3.05) is 0 Å². The summed E-state index contributed by atoms with van der Waals surface area (Å²) in [7, 11) is 0. The van der Waals surface area contributed by atoms with Crippen molar-refractivity contribution in [3.8, 4) is 0 Å². The van der Waals surface area contributed by atoms with Crippen LogP contribution >= 0.6 is 27.7 Å². The zero-order chi connectivity index (χ0) is 11.8. The highest BCUT2D eigenvalue weighted by molar-refractivity contribution is 9.10. The van der Waals surface area contributed by atoms with E-state index in [1.807, 2.05) is 20.8 Å². The van der Waals surface area contributed by atoms with Crippen molar-refractivity contribution in [1.82, 2.24) is 5.16 Å². The Morgan fingerprint density at radius 2 is 2.25 bits per heavy atom. The number of hydrogen-bond acceptors (Lipinski definition) is 5. The van der Waals surface area contributed by atoms with Crippen LogP contribution in [0.1, 0.15) is 31.6 Å². The monoisotopic (exact) mass is 304 g/mol. The van der Waals surface area contributed by atoms with Crippen LogP contribution in [-0.2, 0) is 10.6 Å². The molecule has 6 heteroatoms. The molecule has 0 unspecified atom stereocenters. The molecule has 0 N–H and O–H groups in total. The van der Waals surface area contributed by atoms with E-state index in [0.717, 1.165) is 33.1 Å². The SMILES string of the molecule is Cc1onc(Br)c1CSC1=NOC(C)(C)C1. The maximum Gasteiger partial charge on any atom is 0.153 e. The molecule has 1 aliphatic heterocycles. The Morgan fingerprint density at radius 1 is 1.50 bits per heavy atom. The quantitative estimate of drug-likeness (QED) is 0.839. The standard InChI is InChI=1S/C10H13BrN2O2S/c1-6-7(9(11)13-14-6)5-16-8-4-10(2,3)15-12-8/h4-5H2,1-3H3. The fourth-order valence-electron chi connectivity index (χ4n) is 1.36. The molecule has 16 heavy (non-hydrogen) atoms. The van der Waals surface area contributed by atoms with Crippen molar-refractivity contribution in [2.24, 2.45) is 5.16 Å². The van der Waals surface area contributed by atoms with Gasteiger partial charge in [-0.15, -0.1) is 11.8 Å². The van der Waals surface area contributed by atoms with Crippen LogP contribution in [0.4, 0.5) is 0 Å². The van der Waals surface area contributed by atoms with Gasteiger partial charge in [0.2, 0.25) is 0 Å². The second kappa shape index (κ2) is 4.41. The first kappa shape index (κ1) is 12.0. The molecule has 0 aromatic carbocycles. The van der Waals surface area contributed by atoms with Crippen LogP contribution in [-0.4, -0.2) is 15.8 Å². The largest absolute Gasteiger partial charge is 0.389 e. The normalized spacial score (nSPS) is 18.4. The molecule has 0 fully saturated rings. The molecule has 0 radical (unpaired) electrons. The summed E-state index contributed by atoms with van der Waals surface area (Å²) >= 11 is 5.03. The van der Waals surface area contributed by atoms with Gasteiger partial charge >= 0.3 is 0 Å². The van der Waals surface area contributed by atoms with Crippen LogP contribution < -0.4 is 0 Å². The van der Waals surface area contributed by atoms with Gasteiger partial charge in [-0.2, -0.15) is 0 Å². The summed E-state index contributed by atoms with van der Waals surface area (Å²) in [5, 5.41) is 8.93. The highest BCUT2D eigenvalue weighted by atomic mass is 79.9. The maximum absolute atomic E-state index is 5.30. The Morgan fingerprint density at radius 3 is 2.75 bits per heavy atom. The molecule has 0 amide bonds. The second-order valence-corrected chi connectivity index (χ2v) is 6.11. The van der Waals surface area contributed by atoms with Gasteiger partial charge in [0, 0.05) is 17.7 Å². The Bertz CT molecular complexity index is 409. The third-order valence-corrected chi connectivity index (χ3v) is 3.90. The molecule has 0 saturated carbocycles. The van der Waals surface area contributed by atoms with Gasteiger partial charge in [0.25, 0.3) is 0 Å². The van der Waals surface area contributed by atoms with Gasteiger partial charge in [0.15, 0.2) is 4.60 Å². The topological polar surface area (TPSA) is 47.6 Å². The molecule has 0 bridgehead atoms. The van der Waals surface area contributed by atoms with Gasteiger partial charge in [0.1, 0.15) is 16.4 Å². The summed E-state index contributed by atoms with van der Waals surface area (Å²) in [4.78, 5) is 5.30. The van der Waals surface area contributed by atoms with E-state index in [0.29, 0.717) is 0 Å².